The zero-order valence-electron chi connectivity index (χ0n) is 15.3. The van der Waals surface area contributed by atoms with Crippen LogP contribution in [0.25, 0.3) is 6.08 Å². The van der Waals surface area contributed by atoms with Gasteiger partial charge in [0, 0.05) is 5.56 Å². The van der Waals surface area contributed by atoms with Crippen LogP contribution in [0, 0.1) is 0 Å². The number of rotatable bonds is 6. The number of thioether (sulfide) groups is 1. The Morgan fingerprint density at radius 1 is 1.21 bits per heavy atom. The average Bonchev–Trinajstić information content (AvgIpc) is 2.96. The Balaban J connectivity index is 1.74. The number of thiocarbonyl (C=S) groups is 1. The van der Waals surface area contributed by atoms with E-state index in [0.717, 1.165) is 28.1 Å². The number of benzene rings is 2. The fourth-order valence-corrected chi connectivity index (χ4v) is 3.66. The van der Waals surface area contributed by atoms with Gasteiger partial charge in [0.25, 0.3) is 11.8 Å². The molecule has 1 N–H and O–H groups in total. The summed E-state index contributed by atoms with van der Waals surface area (Å²) in [6.07, 6.45) is 1.72. The molecule has 3 rings (SSSR count). The van der Waals surface area contributed by atoms with Crippen LogP contribution in [0.4, 0.5) is 0 Å². The molecular weight excluding hydrogens is 396 g/mol. The van der Waals surface area contributed by atoms with E-state index in [0.29, 0.717) is 22.8 Å². The molecule has 1 fully saturated rings. The van der Waals surface area contributed by atoms with Gasteiger partial charge in [-0.05, 0) is 67.2 Å². The summed E-state index contributed by atoms with van der Waals surface area (Å²) in [5.74, 6) is 0.552. The van der Waals surface area contributed by atoms with Crippen LogP contribution >= 0.6 is 24.0 Å². The summed E-state index contributed by atoms with van der Waals surface area (Å²) in [7, 11) is 1.55. The van der Waals surface area contributed by atoms with Gasteiger partial charge in [0.05, 0.1) is 18.6 Å². The summed E-state index contributed by atoms with van der Waals surface area (Å²) >= 11 is 6.39. The number of hydrogen-bond acceptors (Lipinski definition) is 6. The van der Waals surface area contributed by atoms with Crippen LogP contribution in [0.5, 0.6) is 11.5 Å². The number of nitrogens with one attached hydrogen (secondary N) is 1. The van der Waals surface area contributed by atoms with Gasteiger partial charge < -0.3 is 9.47 Å². The fourth-order valence-electron chi connectivity index (χ4n) is 2.48. The first-order valence-corrected chi connectivity index (χ1v) is 9.70. The van der Waals surface area contributed by atoms with Crippen LogP contribution in [0.1, 0.15) is 22.8 Å². The molecule has 1 aliphatic rings. The van der Waals surface area contributed by atoms with E-state index >= 15 is 0 Å². The minimum absolute atomic E-state index is 0.263. The number of carbonyl (C=O) groups excluding carboxylic acids is 2. The number of hydrazine groups is 1. The van der Waals surface area contributed by atoms with Gasteiger partial charge in [-0.3, -0.25) is 15.0 Å². The van der Waals surface area contributed by atoms with Gasteiger partial charge in [-0.1, -0.05) is 23.9 Å². The highest BCUT2D eigenvalue weighted by Crippen LogP contribution is 2.32. The molecular formula is C20H18N2O4S2. The van der Waals surface area contributed by atoms with E-state index in [1.807, 2.05) is 31.2 Å². The van der Waals surface area contributed by atoms with Crippen LogP contribution in [-0.2, 0) is 4.79 Å². The maximum Gasteiger partial charge on any atom is 0.285 e. The lowest BCUT2D eigenvalue weighted by Crippen LogP contribution is -2.44. The van der Waals surface area contributed by atoms with Crippen LogP contribution in [0.2, 0.25) is 0 Å². The SMILES string of the molecule is CCOc1cccc(/C=C2\SC(=S)N(NC(=O)c3ccc(OC)cc3)C2=O)c1. The van der Waals surface area contributed by atoms with E-state index in [9.17, 15) is 9.59 Å². The quantitative estimate of drug-likeness (QED) is 0.575. The summed E-state index contributed by atoms with van der Waals surface area (Å²) in [5.41, 5.74) is 3.76. The Morgan fingerprint density at radius 2 is 1.96 bits per heavy atom. The molecule has 0 bridgehead atoms. The molecule has 1 aliphatic heterocycles. The Hall–Kier alpha value is -2.84. The maximum absolute atomic E-state index is 12.7. The fraction of sp³-hybridized carbons (Fsp3) is 0.150. The molecule has 1 saturated heterocycles. The predicted octanol–water partition coefficient (Wildman–Crippen LogP) is 3.64. The summed E-state index contributed by atoms with van der Waals surface area (Å²) in [5, 5.41) is 1.09. The second kappa shape index (κ2) is 8.90. The number of hydrogen-bond donors (Lipinski definition) is 1. The lowest BCUT2D eigenvalue weighted by atomic mass is 10.2. The summed E-state index contributed by atoms with van der Waals surface area (Å²) in [6.45, 7) is 2.46. The zero-order valence-corrected chi connectivity index (χ0v) is 16.9. The van der Waals surface area contributed by atoms with Crippen molar-refractivity contribution in [3.63, 3.8) is 0 Å². The van der Waals surface area contributed by atoms with E-state index in [4.69, 9.17) is 21.7 Å². The van der Waals surface area contributed by atoms with Crippen molar-refractivity contribution in [2.75, 3.05) is 13.7 Å². The van der Waals surface area contributed by atoms with E-state index in [2.05, 4.69) is 5.43 Å². The monoisotopic (exact) mass is 414 g/mol. The zero-order chi connectivity index (χ0) is 20.1. The van der Waals surface area contributed by atoms with Gasteiger partial charge in [-0.15, -0.1) is 0 Å². The lowest BCUT2D eigenvalue weighted by molar-refractivity contribution is -0.123. The second-order valence-electron chi connectivity index (χ2n) is 5.69. The lowest BCUT2D eigenvalue weighted by Gasteiger charge is -2.15. The molecule has 0 atom stereocenters. The molecule has 28 heavy (non-hydrogen) atoms. The summed E-state index contributed by atoms with van der Waals surface area (Å²) in [4.78, 5) is 25.5. The molecule has 0 saturated carbocycles. The second-order valence-corrected chi connectivity index (χ2v) is 7.37. The van der Waals surface area contributed by atoms with Crippen molar-refractivity contribution in [1.82, 2.24) is 10.4 Å². The van der Waals surface area contributed by atoms with Gasteiger partial charge in [0.15, 0.2) is 4.32 Å². The minimum atomic E-state index is -0.432. The molecule has 144 valence electrons. The van der Waals surface area contributed by atoms with Crippen LogP contribution in [-0.4, -0.2) is 34.9 Å². The smallest absolute Gasteiger partial charge is 0.285 e. The number of nitrogens with zero attached hydrogens (tertiary/aromatic N) is 1. The van der Waals surface area contributed by atoms with Crippen LogP contribution < -0.4 is 14.9 Å². The molecule has 0 unspecified atom stereocenters. The molecule has 2 amide bonds. The van der Waals surface area contributed by atoms with Crippen molar-refractivity contribution in [3.8, 4) is 11.5 Å². The first kappa shape index (κ1) is 19.9. The highest BCUT2D eigenvalue weighted by molar-refractivity contribution is 8.26. The van der Waals surface area contributed by atoms with E-state index in [1.165, 1.54) is 0 Å². The highest BCUT2D eigenvalue weighted by atomic mass is 32.2. The summed E-state index contributed by atoms with van der Waals surface area (Å²) < 4.78 is 10.8. The van der Waals surface area contributed by atoms with Crippen molar-refractivity contribution < 1.29 is 19.1 Å². The molecule has 6 nitrogen and oxygen atoms in total. The Labute approximate surface area is 172 Å². The molecule has 1 heterocycles. The third-order valence-electron chi connectivity index (χ3n) is 3.83. The standard InChI is InChI=1S/C20H18N2O4S2/c1-3-26-16-6-4-5-13(11-16)12-17-19(24)22(20(27)28-17)21-18(23)14-7-9-15(25-2)10-8-14/h4-12H,3H2,1-2H3,(H,21,23)/b17-12-. The largest absolute Gasteiger partial charge is 0.497 e. The first-order chi connectivity index (χ1) is 13.5. The number of amides is 2. The van der Waals surface area contributed by atoms with Crippen molar-refractivity contribution in [3.05, 3.63) is 64.6 Å². The molecule has 8 heteroatoms. The molecule has 0 aromatic heterocycles. The van der Waals surface area contributed by atoms with Gasteiger partial charge >= 0.3 is 0 Å². The number of carbonyl (C=O) groups is 2. The van der Waals surface area contributed by atoms with Gasteiger partial charge in [-0.2, -0.15) is 5.01 Å². The van der Waals surface area contributed by atoms with E-state index in [-0.39, 0.29) is 10.2 Å². The third-order valence-corrected chi connectivity index (χ3v) is 5.13. The topological polar surface area (TPSA) is 67.9 Å². The highest BCUT2D eigenvalue weighted by Gasteiger charge is 2.33. The molecule has 2 aromatic carbocycles. The van der Waals surface area contributed by atoms with E-state index < -0.39 is 5.91 Å². The van der Waals surface area contributed by atoms with Crippen molar-refractivity contribution >= 4 is 46.2 Å². The van der Waals surface area contributed by atoms with Crippen molar-refractivity contribution in [2.45, 2.75) is 6.92 Å². The van der Waals surface area contributed by atoms with Crippen molar-refractivity contribution in [2.24, 2.45) is 0 Å². The molecule has 2 aromatic rings. The van der Waals surface area contributed by atoms with Crippen LogP contribution in [0.3, 0.4) is 0 Å². The Bertz CT molecular complexity index is 941. The van der Waals surface area contributed by atoms with Crippen molar-refractivity contribution in [1.29, 1.82) is 0 Å². The molecule has 0 aliphatic carbocycles. The summed E-state index contributed by atoms with van der Waals surface area (Å²) in [6, 6.07) is 14.0. The predicted molar refractivity (Wildman–Crippen MR) is 113 cm³/mol. The van der Waals surface area contributed by atoms with Crippen LogP contribution in [0.15, 0.2) is 53.4 Å². The molecule has 0 spiro atoms. The Morgan fingerprint density at radius 3 is 2.64 bits per heavy atom. The number of ether oxygens (including phenoxy) is 2. The van der Waals surface area contributed by atoms with E-state index in [1.54, 1.807) is 37.5 Å². The van der Waals surface area contributed by atoms with Gasteiger partial charge in [0.2, 0.25) is 0 Å². The number of methoxy groups -OCH3 is 1. The first-order valence-electron chi connectivity index (χ1n) is 8.47. The normalized spacial score (nSPS) is 15.1. The van der Waals surface area contributed by atoms with Gasteiger partial charge in [-0.25, -0.2) is 0 Å². The maximum atomic E-state index is 12.7. The Kier molecular flexibility index (Phi) is 6.33. The average molecular weight is 415 g/mol. The molecule has 0 radical (unpaired) electrons. The van der Waals surface area contributed by atoms with Gasteiger partial charge in [0.1, 0.15) is 11.5 Å². The minimum Gasteiger partial charge on any atom is -0.497 e. The third kappa shape index (κ3) is 4.52.